The number of hydrogen-bond donors (Lipinski definition) is 2. The average Bonchev–Trinajstić information content (AvgIpc) is 2.80. The van der Waals surface area contributed by atoms with Gasteiger partial charge in [0.1, 0.15) is 4.21 Å². The summed E-state index contributed by atoms with van der Waals surface area (Å²) in [6.45, 7) is 6.09. The number of thiophene rings is 1. The van der Waals surface area contributed by atoms with Gasteiger partial charge in [0.2, 0.25) is 0 Å². The average molecular weight is 321 g/mol. The summed E-state index contributed by atoms with van der Waals surface area (Å²) in [6.07, 6.45) is 1.44. The molecule has 2 N–H and O–H groups in total. The Morgan fingerprint density at radius 3 is 2.60 bits per heavy atom. The Kier molecular flexibility index (Phi) is 5.90. The Bertz CT molecular complexity index is 568. The lowest BCUT2D eigenvalue weighted by atomic mass is 10.3. The molecule has 0 amide bonds. The van der Waals surface area contributed by atoms with Crippen molar-refractivity contribution in [3.05, 3.63) is 16.2 Å². The maximum absolute atomic E-state index is 12.1. The molecule has 7 nitrogen and oxygen atoms in total. The predicted molar refractivity (Wildman–Crippen MR) is 79.8 cm³/mol. The van der Waals surface area contributed by atoms with E-state index in [1.807, 2.05) is 13.8 Å². The maximum atomic E-state index is 12.1. The van der Waals surface area contributed by atoms with Gasteiger partial charge in [0.15, 0.2) is 5.00 Å². The minimum absolute atomic E-state index is 0.0388. The number of nitrogens with zero attached hydrogens (tertiary/aromatic N) is 1. The van der Waals surface area contributed by atoms with Gasteiger partial charge in [-0.25, -0.2) is 13.1 Å². The van der Waals surface area contributed by atoms with E-state index in [2.05, 4.69) is 10.0 Å². The molecule has 114 valence electrons. The monoisotopic (exact) mass is 321 g/mol. The van der Waals surface area contributed by atoms with Crippen LogP contribution in [0.5, 0.6) is 0 Å². The molecule has 0 aromatic carbocycles. The van der Waals surface area contributed by atoms with Gasteiger partial charge in [0.05, 0.1) is 4.92 Å². The summed E-state index contributed by atoms with van der Waals surface area (Å²) < 4.78 is 26.7. The molecule has 0 spiro atoms. The minimum atomic E-state index is -3.71. The van der Waals surface area contributed by atoms with Crippen molar-refractivity contribution in [1.29, 1.82) is 0 Å². The summed E-state index contributed by atoms with van der Waals surface area (Å²) in [5.74, 6) is 0. The molecule has 1 aromatic heterocycles. The van der Waals surface area contributed by atoms with Crippen LogP contribution in [0.3, 0.4) is 0 Å². The summed E-state index contributed by atoms with van der Waals surface area (Å²) >= 11 is 0.884. The van der Waals surface area contributed by atoms with Gasteiger partial charge in [0, 0.05) is 18.7 Å². The number of nitro groups is 1. The molecule has 0 aliphatic carbocycles. The van der Waals surface area contributed by atoms with Crippen LogP contribution in [-0.4, -0.2) is 25.9 Å². The van der Waals surface area contributed by atoms with E-state index in [0.29, 0.717) is 13.0 Å². The lowest BCUT2D eigenvalue weighted by Crippen LogP contribution is -2.31. The zero-order valence-corrected chi connectivity index (χ0v) is 13.3. The van der Waals surface area contributed by atoms with E-state index in [0.717, 1.165) is 23.8 Å². The fraction of sp³-hybridized carbons (Fsp3) is 0.636. The molecule has 0 radical (unpaired) electrons. The number of anilines is 1. The molecule has 20 heavy (non-hydrogen) atoms. The van der Waals surface area contributed by atoms with Crippen LogP contribution >= 0.6 is 11.3 Å². The van der Waals surface area contributed by atoms with Gasteiger partial charge in [-0.3, -0.25) is 10.1 Å². The lowest BCUT2D eigenvalue weighted by molar-refractivity contribution is -0.383. The fourth-order valence-electron chi connectivity index (χ4n) is 1.40. The number of nitrogens with one attached hydrogen (secondary N) is 2. The zero-order chi connectivity index (χ0) is 15.3. The van der Waals surface area contributed by atoms with Gasteiger partial charge in [-0.05, 0) is 19.8 Å². The smallest absolute Gasteiger partial charge is 0.304 e. The van der Waals surface area contributed by atoms with E-state index in [-0.39, 0.29) is 20.9 Å². The van der Waals surface area contributed by atoms with E-state index in [9.17, 15) is 18.5 Å². The van der Waals surface area contributed by atoms with Gasteiger partial charge in [-0.1, -0.05) is 25.2 Å². The minimum Gasteiger partial charge on any atom is -0.371 e. The van der Waals surface area contributed by atoms with Gasteiger partial charge >= 0.3 is 5.69 Å². The van der Waals surface area contributed by atoms with Crippen LogP contribution in [0, 0.1) is 10.1 Å². The van der Waals surface area contributed by atoms with E-state index >= 15 is 0 Å². The molecule has 0 bridgehead atoms. The fourth-order valence-corrected chi connectivity index (χ4v) is 4.10. The highest BCUT2D eigenvalue weighted by molar-refractivity contribution is 7.91. The zero-order valence-electron chi connectivity index (χ0n) is 11.7. The third-order valence-electron chi connectivity index (χ3n) is 2.66. The Labute approximate surface area is 122 Å². The maximum Gasteiger partial charge on any atom is 0.304 e. The largest absolute Gasteiger partial charge is 0.371 e. The second-order valence-electron chi connectivity index (χ2n) is 4.39. The summed E-state index contributed by atoms with van der Waals surface area (Å²) in [6, 6.07) is 0.890. The van der Waals surface area contributed by atoms with E-state index in [1.54, 1.807) is 6.92 Å². The highest BCUT2D eigenvalue weighted by Gasteiger charge is 2.26. The van der Waals surface area contributed by atoms with Crippen LogP contribution in [0.2, 0.25) is 0 Å². The molecule has 1 atom stereocenters. The SMILES string of the molecule is CCCNc1sc(S(=O)(=O)NC(C)CC)cc1[N+](=O)[O-]. The quantitative estimate of drug-likeness (QED) is 0.566. The van der Waals surface area contributed by atoms with Crippen molar-refractivity contribution < 1.29 is 13.3 Å². The molecular formula is C11H19N3O4S2. The molecule has 0 aliphatic heterocycles. The van der Waals surface area contributed by atoms with Crippen LogP contribution in [0.15, 0.2) is 10.3 Å². The molecular weight excluding hydrogens is 302 g/mol. The third kappa shape index (κ3) is 4.15. The van der Waals surface area contributed by atoms with Gasteiger partial charge in [-0.15, -0.1) is 0 Å². The van der Waals surface area contributed by atoms with E-state index in [4.69, 9.17) is 0 Å². The number of rotatable bonds is 8. The second kappa shape index (κ2) is 7.00. The second-order valence-corrected chi connectivity index (χ2v) is 7.39. The molecule has 1 heterocycles. The lowest BCUT2D eigenvalue weighted by Gasteiger charge is -2.09. The highest BCUT2D eigenvalue weighted by atomic mass is 32.2. The first-order chi connectivity index (χ1) is 9.31. The van der Waals surface area contributed by atoms with Crippen LogP contribution < -0.4 is 10.0 Å². The first-order valence-corrected chi connectivity index (χ1v) is 8.66. The van der Waals surface area contributed by atoms with Crippen molar-refractivity contribution in [2.24, 2.45) is 0 Å². The van der Waals surface area contributed by atoms with E-state index < -0.39 is 14.9 Å². The van der Waals surface area contributed by atoms with Gasteiger partial charge < -0.3 is 5.32 Å². The molecule has 0 saturated carbocycles. The highest BCUT2D eigenvalue weighted by Crippen LogP contribution is 2.37. The van der Waals surface area contributed by atoms with Crippen molar-refractivity contribution in [1.82, 2.24) is 4.72 Å². The van der Waals surface area contributed by atoms with Crippen molar-refractivity contribution in [2.75, 3.05) is 11.9 Å². The first-order valence-electron chi connectivity index (χ1n) is 6.36. The summed E-state index contributed by atoms with van der Waals surface area (Å²) in [5.41, 5.74) is -0.201. The van der Waals surface area contributed by atoms with Gasteiger partial charge in [-0.2, -0.15) is 0 Å². The Morgan fingerprint density at radius 2 is 2.10 bits per heavy atom. The standard InChI is InChI=1S/C11H19N3O4S2/c1-4-6-12-11-9(14(15)16)7-10(19-11)20(17,18)13-8(3)5-2/h7-8,12-13H,4-6H2,1-3H3. The van der Waals surface area contributed by atoms with Crippen LogP contribution in [0.4, 0.5) is 10.7 Å². The third-order valence-corrected chi connectivity index (χ3v) is 5.80. The van der Waals surface area contributed by atoms with Gasteiger partial charge in [0.25, 0.3) is 10.0 Å². The number of sulfonamides is 1. The van der Waals surface area contributed by atoms with Crippen molar-refractivity contribution >= 4 is 32.0 Å². The van der Waals surface area contributed by atoms with Crippen LogP contribution in [0.1, 0.15) is 33.6 Å². The summed E-state index contributed by atoms with van der Waals surface area (Å²) in [7, 11) is -3.71. The Balaban J connectivity index is 3.10. The topological polar surface area (TPSA) is 101 Å². The molecule has 1 rings (SSSR count). The molecule has 0 aliphatic rings. The van der Waals surface area contributed by atoms with E-state index in [1.165, 1.54) is 0 Å². The summed E-state index contributed by atoms with van der Waals surface area (Å²) in [4.78, 5) is 10.4. The van der Waals surface area contributed by atoms with Crippen molar-refractivity contribution in [3.63, 3.8) is 0 Å². The first kappa shape index (κ1) is 16.9. The molecule has 9 heteroatoms. The summed E-state index contributed by atoms with van der Waals surface area (Å²) in [5, 5.41) is 14.1. The Morgan fingerprint density at radius 1 is 1.45 bits per heavy atom. The normalized spacial score (nSPS) is 13.2. The van der Waals surface area contributed by atoms with Crippen LogP contribution in [0.25, 0.3) is 0 Å². The van der Waals surface area contributed by atoms with Crippen LogP contribution in [-0.2, 0) is 10.0 Å². The van der Waals surface area contributed by atoms with Crippen molar-refractivity contribution in [2.45, 2.75) is 43.9 Å². The molecule has 0 fully saturated rings. The van der Waals surface area contributed by atoms with Crippen molar-refractivity contribution in [3.8, 4) is 0 Å². The molecule has 1 aromatic rings. The molecule has 0 saturated heterocycles. The number of hydrogen-bond acceptors (Lipinski definition) is 6. The Hall–Kier alpha value is -1.19. The predicted octanol–water partition coefficient (Wildman–Crippen LogP) is 2.56. The molecule has 1 unspecified atom stereocenters.